The highest BCUT2D eigenvalue weighted by molar-refractivity contribution is 5.32. The SMILES string of the molecule is C=C(C)[C@@H](CC)CC[C@@H](C)[C@H]1CC[C@@]2(C)[C@@H]3CC[C@H]4[C@H](C)[C@@H](O)CC[C@]4(C)C3=CC[C@]12C. The molecule has 1 N–H and O–H groups in total. The van der Waals surface area contributed by atoms with Crippen LogP contribution >= 0.6 is 0 Å². The zero-order valence-corrected chi connectivity index (χ0v) is 22.3. The molecule has 0 unspecified atom stereocenters. The van der Waals surface area contributed by atoms with Gasteiger partial charge in [0.2, 0.25) is 0 Å². The van der Waals surface area contributed by atoms with Gasteiger partial charge >= 0.3 is 0 Å². The Balaban J connectivity index is 1.57. The van der Waals surface area contributed by atoms with Gasteiger partial charge in [-0.1, -0.05) is 65.3 Å². The van der Waals surface area contributed by atoms with Crippen LogP contribution in [0, 0.1) is 51.8 Å². The molecule has 32 heavy (non-hydrogen) atoms. The summed E-state index contributed by atoms with van der Waals surface area (Å²) in [6.07, 6.45) is 15.5. The predicted molar refractivity (Wildman–Crippen MR) is 137 cm³/mol. The van der Waals surface area contributed by atoms with Gasteiger partial charge in [-0.3, -0.25) is 0 Å². The van der Waals surface area contributed by atoms with Crippen LogP contribution in [0.5, 0.6) is 0 Å². The first-order valence-corrected chi connectivity index (χ1v) is 14.0. The van der Waals surface area contributed by atoms with Gasteiger partial charge in [0, 0.05) is 0 Å². The van der Waals surface area contributed by atoms with Gasteiger partial charge in [-0.25, -0.2) is 0 Å². The first-order valence-electron chi connectivity index (χ1n) is 14.0. The van der Waals surface area contributed by atoms with Gasteiger partial charge < -0.3 is 5.11 Å². The summed E-state index contributed by atoms with van der Waals surface area (Å²) < 4.78 is 0. The lowest BCUT2D eigenvalue weighted by Crippen LogP contribution is -2.55. The Hall–Kier alpha value is -0.560. The molecule has 0 spiro atoms. The molecule has 4 aliphatic carbocycles. The van der Waals surface area contributed by atoms with Crippen LogP contribution in [-0.4, -0.2) is 11.2 Å². The maximum absolute atomic E-state index is 10.6. The normalized spacial score (nSPS) is 47.6. The summed E-state index contributed by atoms with van der Waals surface area (Å²) in [5.74, 6) is 4.25. The molecule has 0 amide bonds. The lowest BCUT2D eigenvalue weighted by Gasteiger charge is -2.62. The molecule has 182 valence electrons. The topological polar surface area (TPSA) is 20.2 Å². The van der Waals surface area contributed by atoms with Crippen molar-refractivity contribution in [3.63, 3.8) is 0 Å². The van der Waals surface area contributed by atoms with Crippen LogP contribution < -0.4 is 0 Å². The van der Waals surface area contributed by atoms with Crippen LogP contribution in [0.2, 0.25) is 0 Å². The van der Waals surface area contributed by atoms with E-state index in [1.54, 1.807) is 0 Å². The molecule has 1 heteroatoms. The van der Waals surface area contributed by atoms with Crippen molar-refractivity contribution in [2.24, 2.45) is 51.8 Å². The Kier molecular flexibility index (Phi) is 6.59. The van der Waals surface area contributed by atoms with E-state index in [9.17, 15) is 5.11 Å². The number of rotatable bonds is 6. The van der Waals surface area contributed by atoms with Crippen LogP contribution in [0.1, 0.15) is 113 Å². The Morgan fingerprint density at radius 1 is 1.09 bits per heavy atom. The fourth-order valence-corrected chi connectivity index (χ4v) is 9.76. The molecular formula is C31H52O. The Labute approximate surface area is 199 Å². The second kappa shape index (κ2) is 8.58. The predicted octanol–water partition coefficient (Wildman–Crippen LogP) is 8.58. The molecule has 3 saturated carbocycles. The minimum Gasteiger partial charge on any atom is -0.393 e. The van der Waals surface area contributed by atoms with Crippen molar-refractivity contribution in [3.8, 4) is 0 Å². The molecule has 0 aromatic heterocycles. The summed E-state index contributed by atoms with van der Waals surface area (Å²) in [6.45, 7) is 21.6. The molecule has 0 heterocycles. The van der Waals surface area contributed by atoms with E-state index in [2.05, 4.69) is 61.1 Å². The summed E-state index contributed by atoms with van der Waals surface area (Å²) >= 11 is 0. The summed E-state index contributed by atoms with van der Waals surface area (Å²) in [4.78, 5) is 0. The Morgan fingerprint density at radius 3 is 2.47 bits per heavy atom. The lowest BCUT2D eigenvalue weighted by atomic mass is 9.43. The number of aliphatic hydroxyl groups excluding tert-OH is 1. The van der Waals surface area contributed by atoms with Gasteiger partial charge in [0.1, 0.15) is 0 Å². The number of fused-ring (bicyclic) bond motifs is 5. The van der Waals surface area contributed by atoms with E-state index in [1.807, 2.05) is 5.57 Å². The van der Waals surface area contributed by atoms with E-state index in [-0.39, 0.29) is 6.10 Å². The molecule has 0 aromatic rings. The van der Waals surface area contributed by atoms with Gasteiger partial charge in [-0.05, 0) is 123 Å². The van der Waals surface area contributed by atoms with E-state index >= 15 is 0 Å². The second-order valence-corrected chi connectivity index (χ2v) is 13.5. The molecular weight excluding hydrogens is 388 g/mol. The molecule has 0 saturated heterocycles. The zero-order chi connectivity index (χ0) is 23.5. The summed E-state index contributed by atoms with van der Waals surface area (Å²) in [7, 11) is 0. The first kappa shape index (κ1) is 24.6. The third-order valence-corrected chi connectivity index (χ3v) is 12.3. The molecule has 0 aliphatic heterocycles. The fraction of sp³-hybridized carbons (Fsp3) is 0.871. The summed E-state index contributed by atoms with van der Waals surface area (Å²) in [5.41, 5.74) is 4.40. The smallest absolute Gasteiger partial charge is 0.0569 e. The number of aliphatic hydroxyl groups is 1. The monoisotopic (exact) mass is 440 g/mol. The van der Waals surface area contributed by atoms with Gasteiger partial charge in [0.05, 0.1) is 6.10 Å². The van der Waals surface area contributed by atoms with Gasteiger partial charge in [-0.15, -0.1) is 0 Å². The van der Waals surface area contributed by atoms with Crippen LogP contribution in [0.15, 0.2) is 23.8 Å². The van der Waals surface area contributed by atoms with Gasteiger partial charge in [0.15, 0.2) is 0 Å². The number of hydrogen-bond donors (Lipinski definition) is 1. The van der Waals surface area contributed by atoms with Crippen molar-refractivity contribution < 1.29 is 5.11 Å². The molecule has 0 aromatic carbocycles. The van der Waals surface area contributed by atoms with E-state index in [4.69, 9.17) is 0 Å². The van der Waals surface area contributed by atoms with Crippen molar-refractivity contribution in [2.45, 2.75) is 119 Å². The number of hydrogen-bond acceptors (Lipinski definition) is 1. The fourth-order valence-electron chi connectivity index (χ4n) is 9.76. The standard InChI is InChI=1S/C31H52O/c1-9-23(20(2)3)11-10-21(4)24-14-18-31(8)27-13-12-25-22(5)28(32)16-17-29(25,6)26(27)15-19-30(24,31)7/h15,21-25,27-28,32H,2,9-14,16-19H2,1,3-8H3/t21-,22+,23+,24-,25+,27-,28+,29+,30-,31+/m1/s1. The molecule has 4 aliphatic rings. The molecule has 4 rings (SSSR count). The third kappa shape index (κ3) is 3.50. The van der Waals surface area contributed by atoms with Crippen LogP contribution in [-0.2, 0) is 0 Å². The average molecular weight is 441 g/mol. The third-order valence-electron chi connectivity index (χ3n) is 12.3. The van der Waals surface area contributed by atoms with E-state index in [0.717, 1.165) is 24.2 Å². The van der Waals surface area contributed by atoms with Crippen molar-refractivity contribution >= 4 is 0 Å². The zero-order valence-electron chi connectivity index (χ0n) is 22.3. The van der Waals surface area contributed by atoms with Crippen molar-refractivity contribution in [1.82, 2.24) is 0 Å². The minimum atomic E-state index is -0.0856. The number of allylic oxidation sites excluding steroid dienone is 3. The van der Waals surface area contributed by atoms with Gasteiger partial charge in [0.25, 0.3) is 0 Å². The largest absolute Gasteiger partial charge is 0.393 e. The van der Waals surface area contributed by atoms with Crippen molar-refractivity contribution in [3.05, 3.63) is 23.8 Å². The maximum Gasteiger partial charge on any atom is 0.0569 e. The molecule has 0 radical (unpaired) electrons. The maximum atomic E-state index is 10.6. The van der Waals surface area contributed by atoms with Crippen molar-refractivity contribution in [1.29, 1.82) is 0 Å². The van der Waals surface area contributed by atoms with E-state index in [1.165, 1.54) is 63.4 Å². The van der Waals surface area contributed by atoms with Crippen LogP contribution in [0.3, 0.4) is 0 Å². The second-order valence-electron chi connectivity index (χ2n) is 13.5. The van der Waals surface area contributed by atoms with Crippen LogP contribution in [0.25, 0.3) is 0 Å². The van der Waals surface area contributed by atoms with Crippen molar-refractivity contribution in [2.75, 3.05) is 0 Å². The lowest BCUT2D eigenvalue weighted by molar-refractivity contribution is -0.0781. The van der Waals surface area contributed by atoms with E-state index < -0.39 is 0 Å². The molecule has 3 fully saturated rings. The average Bonchev–Trinajstić information content (AvgIpc) is 3.02. The van der Waals surface area contributed by atoms with Gasteiger partial charge in [-0.2, -0.15) is 0 Å². The van der Waals surface area contributed by atoms with E-state index in [0.29, 0.717) is 34.0 Å². The highest BCUT2D eigenvalue weighted by Gasteiger charge is 2.64. The Morgan fingerprint density at radius 2 is 1.81 bits per heavy atom. The highest BCUT2D eigenvalue weighted by atomic mass is 16.3. The highest BCUT2D eigenvalue weighted by Crippen LogP contribution is 2.72. The minimum absolute atomic E-state index is 0.0856. The first-order chi connectivity index (χ1) is 15.0. The van der Waals surface area contributed by atoms with Crippen LogP contribution in [0.4, 0.5) is 0 Å². The Bertz CT molecular complexity index is 750. The summed E-state index contributed by atoms with van der Waals surface area (Å²) in [6, 6.07) is 0. The quantitative estimate of drug-likeness (QED) is 0.410. The summed E-state index contributed by atoms with van der Waals surface area (Å²) in [5, 5.41) is 10.6. The molecule has 1 nitrogen and oxygen atoms in total. The molecule has 10 atom stereocenters. The molecule has 0 bridgehead atoms.